The van der Waals surface area contributed by atoms with Crippen LogP contribution in [0.5, 0.6) is 0 Å². The number of unbranched alkanes of at least 4 members (excludes halogenated alkanes) is 3. The number of nitrogens with one attached hydrogen (secondary N) is 1. The molecule has 0 fully saturated rings. The molecule has 1 amide bonds. The number of hydrogen-bond acceptors (Lipinski definition) is 4. The topological polar surface area (TPSA) is 64.6 Å². The van der Waals surface area contributed by atoms with Crippen molar-refractivity contribution in [1.82, 2.24) is 5.32 Å². The van der Waals surface area contributed by atoms with E-state index in [4.69, 9.17) is 9.47 Å². The number of alkyl carbamates (subject to hydrolysis) is 1. The molecule has 0 aromatic heterocycles. The van der Waals surface area contributed by atoms with Gasteiger partial charge in [0.15, 0.2) is 0 Å². The summed E-state index contributed by atoms with van der Waals surface area (Å²) in [6.07, 6.45) is -4.07. The first-order valence-electron chi connectivity index (χ1n) is 7.63. The average molecular weight is 341 g/mol. The Hall–Kier alpha value is -1.47. The molecule has 0 saturated carbocycles. The highest BCUT2D eigenvalue weighted by Gasteiger charge is 2.25. The van der Waals surface area contributed by atoms with Gasteiger partial charge >= 0.3 is 18.2 Å². The molecule has 136 valence electrons. The lowest BCUT2D eigenvalue weighted by atomic mass is 10.1. The molecule has 0 heterocycles. The molecule has 1 N–H and O–H groups in total. The van der Waals surface area contributed by atoms with E-state index in [1.54, 1.807) is 20.8 Å². The van der Waals surface area contributed by atoms with E-state index in [9.17, 15) is 22.8 Å². The van der Waals surface area contributed by atoms with Crippen LogP contribution in [0.4, 0.5) is 18.0 Å². The van der Waals surface area contributed by atoms with E-state index in [-0.39, 0.29) is 13.0 Å². The number of ether oxygens (including phenoxy) is 2. The summed E-state index contributed by atoms with van der Waals surface area (Å²) < 4.78 is 45.7. The third-order valence-corrected chi connectivity index (χ3v) is 2.69. The Kier molecular flexibility index (Phi) is 9.01. The summed E-state index contributed by atoms with van der Waals surface area (Å²) in [5.74, 6) is -0.605. The number of carbonyl (C=O) groups is 2. The fourth-order valence-electron chi connectivity index (χ4n) is 1.62. The fraction of sp³-hybridized carbons (Fsp3) is 0.867. The van der Waals surface area contributed by atoms with Gasteiger partial charge in [-0.15, -0.1) is 0 Å². The van der Waals surface area contributed by atoms with Crippen LogP contribution >= 0.6 is 0 Å². The Bertz CT molecular complexity index is 378. The van der Waals surface area contributed by atoms with Gasteiger partial charge in [-0.05, 0) is 40.5 Å². The van der Waals surface area contributed by atoms with Crippen LogP contribution < -0.4 is 5.32 Å². The minimum atomic E-state index is -4.12. The van der Waals surface area contributed by atoms with Crippen molar-refractivity contribution in [2.45, 2.75) is 77.6 Å². The lowest BCUT2D eigenvalue weighted by molar-refractivity contribution is -0.145. The fourth-order valence-corrected chi connectivity index (χ4v) is 1.62. The first-order chi connectivity index (χ1) is 10.4. The normalized spacial score (nSPS) is 13.3. The van der Waals surface area contributed by atoms with E-state index in [1.807, 2.05) is 0 Å². The Morgan fingerprint density at radius 1 is 1.04 bits per heavy atom. The molecule has 0 spiro atoms. The highest BCUT2D eigenvalue weighted by atomic mass is 19.4. The van der Waals surface area contributed by atoms with Gasteiger partial charge in [0.05, 0.1) is 6.61 Å². The van der Waals surface area contributed by atoms with E-state index in [2.05, 4.69) is 5.32 Å². The molecule has 0 radical (unpaired) electrons. The average Bonchev–Trinajstić information content (AvgIpc) is 2.33. The lowest BCUT2D eigenvalue weighted by Gasteiger charge is -2.21. The van der Waals surface area contributed by atoms with Crippen molar-refractivity contribution < 1.29 is 32.2 Å². The molecule has 0 aromatic carbocycles. The van der Waals surface area contributed by atoms with Gasteiger partial charge in [0.2, 0.25) is 0 Å². The van der Waals surface area contributed by atoms with Gasteiger partial charge in [-0.2, -0.15) is 13.2 Å². The van der Waals surface area contributed by atoms with E-state index < -0.39 is 36.3 Å². The van der Waals surface area contributed by atoms with Crippen LogP contribution in [0.2, 0.25) is 0 Å². The summed E-state index contributed by atoms with van der Waals surface area (Å²) in [5.41, 5.74) is -0.663. The van der Waals surface area contributed by atoms with Crippen LogP contribution in [0.25, 0.3) is 0 Å². The standard InChI is InChI=1S/C15H26F3NO4/c1-11(19-13(21)23-14(2,3)4)12(20)22-10-8-6-5-7-9-15(16,17)18/h11H,5-10H2,1-4H3,(H,19,21)/t11-/m0/s1. The third-order valence-electron chi connectivity index (χ3n) is 2.69. The molecule has 0 saturated heterocycles. The van der Waals surface area contributed by atoms with Gasteiger partial charge < -0.3 is 14.8 Å². The molecule has 8 heteroatoms. The summed E-state index contributed by atoms with van der Waals surface area (Å²) in [7, 11) is 0. The highest BCUT2D eigenvalue weighted by Crippen LogP contribution is 2.22. The van der Waals surface area contributed by atoms with Gasteiger partial charge in [0, 0.05) is 6.42 Å². The molecule has 0 bridgehead atoms. The number of alkyl halides is 3. The van der Waals surface area contributed by atoms with E-state index in [0.717, 1.165) is 0 Å². The maximum atomic E-state index is 11.9. The van der Waals surface area contributed by atoms with Gasteiger partial charge in [0.25, 0.3) is 0 Å². The van der Waals surface area contributed by atoms with Crippen LogP contribution in [-0.2, 0) is 14.3 Å². The Morgan fingerprint density at radius 3 is 2.13 bits per heavy atom. The van der Waals surface area contributed by atoms with E-state index >= 15 is 0 Å². The van der Waals surface area contributed by atoms with E-state index in [1.165, 1.54) is 6.92 Å². The molecule has 0 unspecified atom stereocenters. The largest absolute Gasteiger partial charge is 0.464 e. The monoisotopic (exact) mass is 341 g/mol. The number of amides is 1. The zero-order valence-electron chi connectivity index (χ0n) is 14.1. The minimum absolute atomic E-state index is 0.0774. The zero-order chi connectivity index (χ0) is 18.1. The molecule has 1 atom stereocenters. The Labute approximate surface area is 134 Å². The van der Waals surface area contributed by atoms with Gasteiger partial charge in [-0.25, -0.2) is 9.59 Å². The lowest BCUT2D eigenvalue weighted by Crippen LogP contribution is -2.42. The molecule has 0 aliphatic heterocycles. The molecule has 0 aliphatic carbocycles. The van der Waals surface area contributed by atoms with Crippen LogP contribution in [0.15, 0.2) is 0 Å². The van der Waals surface area contributed by atoms with Crippen LogP contribution in [0, 0.1) is 0 Å². The first kappa shape index (κ1) is 21.5. The van der Waals surface area contributed by atoms with Crippen molar-refractivity contribution in [2.75, 3.05) is 6.61 Å². The number of halogens is 3. The first-order valence-corrected chi connectivity index (χ1v) is 7.63. The van der Waals surface area contributed by atoms with Crippen LogP contribution in [0.1, 0.15) is 59.8 Å². The Morgan fingerprint density at radius 2 is 1.61 bits per heavy atom. The summed E-state index contributed by atoms with van der Waals surface area (Å²) in [4.78, 5) is 23.1. The van der Waals surface area contributed by atoms with Crippen molar-refractivity contribution in [1.29, 1.82) is 0 Å². The second-order valence-corrected chi connectivity index (χ2v) is 6.31. The third kappa shape index (κ3) is 13.9. The maximum absolute atomic E-state index is 11.9. The number of carbonyl (C=O) groups excluding carboxylic acids is 2. The van der Waals surface area contributed by atoms with E-state index in [0.29, 0.717) is 19.3 Å². The maximum Gasteiger partial charge on any atom is 0.408 e. The van der Waals surface area contributed by atoms with Gasteiger partial charge in [-0.1, -0.05) is 12.8 Å². The van der Waals surface area contributed by atoms with Crippen molar-refractivity contribution in [3.63, 3.8) is 0 Å². The molecule has 0 rings (SSSR count). The molecule has 0 aliphatic rings. The number of rotatable bonds is 8. The van der Waals surface area contributed by atoms with Crippen molar-refractivity contribution in [3.05, 3.63) is 0 Å². The van der Waals surface area contributed by atoms with Crippen molar-refractivity contribution >= 4 is 12.1 Å². The second-order valence-electron chi connectivity index (χ2n) is 6.31. The SMILES string of the molecule is C[C@H](NC(=O)OC(C)(C)C)C(=O)OCCCCCCC(F)(F)F. The van der Waals surface area contributed by atoms with Crippen molar-refractivity contribution in [3.8, 4) is 0 Å². The predicted molar refractivity (Wildman–Crippen MR) is 78.9 cm³/mol. The Balaban J connectivity index is 3.75. The minimum Gasteiger partial charge on any atom is -0.464 e. The summed E-state index contributed by atoms with van der Waals surface area (Å²) in [6.45, 7) is 6.69. The van der Waals surface area contributed by atoms with Crippen LogP contribution in [-0.4, -0.2) is 36.5 Å². The highest BCUT2D eigenvalue weighted by molar-refractivity contribution is 5.80. The second kappa shape index (κ2) is 9.62. The van der Waals surface area contributed by atoms with Gasteiger partial charge in [0.1, 0.15) is 11.6 Å². The summed E-state index contributed by atoms with van der Waals surface area (Å²) in [6, 6.07) is -0.852. The quantitative estimate of drug-likeness (QED) is 0.536. The molecule has 23 heavy (non-hydrogen) atoms. The molecule has 5 nitrogen and oxygen atoms in total. The van der Waals surface area contributed by atoms with Gasteiger partial charge in [-0.3, -0.25) is 0 Å². The number of hydrogen-bond donors (Lipinski definition) is 1. The van der Waals surface area contributed by atoms with Crippen molar-refractivity contribution in [2.24, 2.45) is 0 Å². The van der Waals surface area contributed by atoms with Crippen LogP contribution in [0.3, 0.4) is 0 Å². The predicted octanol–water partition coefficient (Wildman–Crippen LogP) is 3.96. The molecular weight excluding hydrogens is 315 g/mol. The summed E-state index contributed by atoms with van der Waals surface area (Å²) in [5, 5.41) is 2.35. The zero-order valence-corrected chi connectivity index (χ0v) is 14.1. The molecule has 0 aromatic rings. The smallest absolute Gasteiger partial charge is 0.408 e. The summed E-state index contributed by atoms with van der Waals surface area (Å²) >= 11 is 0. The number of esters is 1. The molecular formula is C15H26F3NO4.